The highest BCUT2D eigenvalue weighted by Crippen LogP contribution is 2.24. The molecule has 0 aliphatic carbocycles. The minimum atomic E-state index is 0.146. The van der Waals surface area contributed by atoms with E-state index >= 15 is 0 Å². The average molecular weight is 251 g/mol. The molecule has 1 unspecified atom stereocenters. The molecule has 1 rings (SSSR count). The van der Waals surface area contributed by atoms with Gasteiger partial charge in [-0.1, -0.05) is 20.8 Å². The van der Waals surface area contributed by atoms with Crippen molar-refractivity contribution in [2.24, 2.45) is 0 Å². The summed E-state index contributed by atoms with van der Waals surface area (Å²) in [6.45, 7) is 16.4. The predicted octanol–water partition coefficient (Wildman–Crippen LogP) is 3.87. The zero-order valence-corrected chi connectivity index (χ0v) is 13.0. The Kier molecular flexibility index (Phi) is 4.97. The lowest BCUT2D eigenvalue weighted by molar-refractivity contribution is 0.419. The quantitative estimate of drug-likeness (QED) is 0.861. The van der Waals surface area contributed by atoms with Gasteiger partial charge in [-0.2, -0.15) is 5.10 Å². The summed E-state index contributed by atoms with van der Waals surface area (Å²) < 4.78 is 2.20. The van der Waals surface area contributed by atoms with Gasteiger partial charge in [0.05, 0.1) is 6.20 Å². The molecule has 0 amide bonds. The fourth-order valence-electron chi connectivity index (χ4n) is 2.06. The first-order valence-corrected chi connectivity index (χ1v) is 7.07. The molecule has 0 spiro atoms. The van der Waals surface area contributed by atoms with Gasteiger partial charge in [-0.3, -0.25) is 4.68 Å². The number of hydrogen-bond acceptors (Lipinski definition) is 2. The molecule has 0 saturated heterocycles. The van der Waals surface area contributed by atoms with Gasteiger partial charge in [-0.25, -0.2) is 0 Å². The van der Waals surface area contributed by atoms with E-state index in [1.165, 1.54) is 11.3 Å². The number of hydrogen-bond donors (Lipinski definition) is 1. The molecule has 3 nitrogen and oxygen atoms in total. The molecular formula is C15H29N3. The van der Waals surface area contributed by atoms with Gasteiger partial charge in [0.15, 0.2) is 0 Å². The van der Waals surface area contributed by atoms with Gasteiger partial charge in [0.2, 0.25) is 0 Å². The van der Waals surface area contributed by atoms with Crippen molar-refractivity contribution in [1.82, 2.24) is 15.1 Å². The van der Waals surface area contributed by atoms with Crippen LogP contribution in [0.5, 0.6) is 0 Å². The molecule has 1 N–H and O–H groups in total. The van der Waals surface area contributed by atoms with Crippen LogP contribution in [-0.2, 0) is 6.54 Å². The number of nitrogens with zero attached hydrogens (tertiary/aromatic N) is 2. The van der Waals surface area contributed by atoms with Gasteiger partial charge in [-0.15, -0.1) is 0 Å². The van der Waals surface area contributed by atoms with E-state index in [0.29, 0.717) is 12.0 Å². The van der Waals surface area contributed by atoms with Gasteiger partial charge in [-0.05, 0) is 40.0 Å². The van der Waals surface area contributed by atoms with Crippen LogP contribution < -0.4 is 5.32 Å². The Morgan fingerprint density at radius 1 is 1.28 bits per heavy atom. The molecule has 3 heteroatoms. The Labute approximate surface area is 112 Å². The molecule has 1 aromatic rings. The predicted molar refractivity (Wildman–Crippen MR) is 77.9 cm³/mol. The molecular weight excluding hydrogens is 222 g/mol. The summed E-state index contributed by atoms with van der Waals surface area (Å²) in [6.07, 6.45) is 3.15. The summed E-state index contributed by atoms with van der Waals surface area (Å²) in [5.74, 6) is 0.512. The molecule has 104 valence electrons. The Bertz CT molecular complexity index is 372. The largest absolute Gasteiger partial charge is 0.308 e. The van der Waals surface area contributed by atoms with Crippen LogP contribution in [0.3, 0.4) is 0 Å². The first kappa shape index (κ1) is 15.2. The maximum absolute atomic E-state index is 4.59. The average Bonchev–Trinajstić information content (AvgIpc) is 2.68. The highest BCUT2D eigenvalue weighted by molar-refractivity contribution is 5.21. The second-order valence-corrected chi connectivity index (χ2v) is 6.52. The van der Waals surface area contributed by atoms with E-state index in [1.54, 1.807) is 0 Å². The number of aromatic nitrogens is 2. The van der Waals surface area contributed by atoms with Crippen LogP contribution in [0.4, 0.5) is 0 Å². The molecule has 1 atom stereocenters. The van der Waals surface area contributed by atoms with Crippen molar-refractivity contribution in [3.05, 3.63) is 17.5 Å². The molecule has 0 aromatic carbocycles. The lowest BCUT2D eigenvalue weighted by Crippen LogP contribution is -2.35. The SMILES string of the molecule is CCC(C)n1ncc(CNC(C)(C)C)c1C(C)C. The molecule has 0 aliphatic heterocycles. The molecule has 1 aromatic heterocycles. The monoisotopic (exact) mass is 251 g/mol. The van der Waals surface area contributed by atoms with Gasteiger partial charge in [0.25, 0.3) is 0 Å². The lowest BCUT2D eigenvalue weighted by Gasteiger charge is -2.22. The number of nitrogens with one attached hydrogen (secondary N) is 1. The summed E-state index contributed by atoms with van der Waals surface area (Å²) in [7, 11) is 0. The Morgan fingerprint density at radius 2 is 1.89 bits per heavy atom. The highest BCUT2D eigenvalue weighted by Gasteiger charge is 2.18. The zero-order valence-electron chi connectivity index (χ0n) is 13.0. The smallest absolute Gasteiger partial charge is 0.0537 e. The number of rotatable bonds is 5. The maximum atomic E-state index is 4.59. The van der Waals surface area contributed by atoms with Gasteiger partial charge in [0.1, 0.15) is 0 Å². The van der Waals surface area contributed by atoms with E-state index in [0.717, 1.165) is 13.0 Å². The molecule has 0 saturated carbocycles. The first-order valence-electron chi connectivity index (χ1n) is 7.07. The van der Waals surface area contributed by atoms with E-state index in [9.17, 15) is 0 Å². The molecule has 1 heterocycles. The van der Waals surface area contributed by atoms with Gasteiger partial charge in [0, 0.05) is 29.4 Å². The van der Waals surface area contributed by atoms with E-state index in [4.69, 9.17) is 0 Å². The van der Waals surface area contributed by atoms with Crippen LogP contribution in [0.25, 0.3) is 0 Å². The zero-order chi connectivity index (χ0) is 13.9. The van der Waals surface area contributed by atoms with Gasteiger partial charge < -0.3 is 5.32 Å². The van der Waals surface area contributed by atoms with Crippen LogP contribution in [0.1, 0.15) is 78.1 Å². The summed E-state index contributed by atoms with van der Waals surface area (Å²) >= 11 is 0. The Hall–Kier alpha value is -0.830. The molecule has 0 bridgehead atoms. The summed E-state index contributed by atoms with van der Waals surface area (Å²) in [5.41, 5.74) is 2.86. The van der Waals surface area contributed by atoms with Crippen molar-refractivity contribution in [3.8, 4) is 0 Å². The summed E-state index contributed by atoms with van der Waals surface area (Å²) in [4.78, 5) is 0. The first-order chi connectivity index (χ1) is 8.26. The van der Waals surface area contributed by atoms with E-state index in [1.807, 2.05) is 6.20 Å². The fourth-order valence-corrected chi connectivity index (χ4v) is 2.06. The van der Waals surface area contributed by atoms with Crippen molar-refractivity contribution < 1.29 is 0 Å². The second-order valence-electron chi connectivity index (χ2n) is 6.52. The summed E-state index contributed by atoms with van der Waals surface area (Å²) in [5, 5.41) is 8.14. The van der Waals surface area contributed by atoms with Crippen molar-refractivity contribution in [2.45, 2.75) is 78.9 Å². The van der Waals surface area contributed by atoms with Crippen molar-refractivity contribution in [1.29, 1.82) is 0 Å². The highest BCUT2D eigenvalue weighted by atomic mass is 15.3. The minimum Gasteiger partial charge on any atom is -0.308 e. The second kappa shape index (κ2) is 5.87. The third-order valence-electron chi connectivity index (χ3n) is 3.28. The lowest BCUT2D eigenvalue weighted by atomic mass is 10.0. The normalized spacial score (nSPS) is 14.2. The van der Waals surface area contributed by atoms with Crippen LogP contribution in [0, 0.1) is 0 Å². The molecule has 0 radical (unpaired) electrons. The molecule has 18 heavy (non-hydrogen) atoms. The minimum absolute atomic E-state index is 0.146. The fraction of sp³-hybridized carbons (Fsp3) is 0.800. The van der Waals surface area contributed by atoms with Crippen molar-refractivity contribution in [3.63, 3.8) is 0 Å². The van der Waals surface area contributed by atoms with Crippen LogP contribution in [-0.4, -0.2) is 15.3 Å². The Balaban J connectivity index is 2.95. The maximum Gasteiger partial charge on any atom is 0.0537 e. The van der Waals surface area contributed by atoms with E-state index < -0.39 is 0 Å². The van der Waals surface area contributed by atoms with Crippen LogP contribution in [0.15, 0.2) is 6.20 Å². The standard InChI is InChI=1S/C15H29N3/c1-8-12(4)18-14(11(2)3)13(10-17-18)9-16-15(5,6)7/h10-12,16H,8-9H2,1-7H3. The third kappa shape index (κ3) is 3.84. The van der Waals surface area contributed by atoms with E-state index in [-0.39, 0.29) is 5.54 Å². The van der Waals surface area contributed by atoms with Crippen molar-refractivity contribution in [2.75, 3.05) is 0 Å². The topological polar surface area (TPSA) is 29.9 Å². The van der Waals surface area contributed by atoms with Crippen molar-refractivity contribution >= 4 is 0 Å². The third-order valence-corrected chi connectivity index (χ3v) is 3.28. The van der Waals surface area contributed by atoms with E-state index in [2.05, 4.69) is 63.6 Å². The van der Waals surface area contributed by atoms with Gasteiger partial charge >= 0.3 is 0 Å². The molecule has 0 fully saturated rings. The molecule has 0 aliphatic rings. The summed E-state index contributed by atoms with van der Waals surface area (Å²) in [6, 6.07) is 0.478. The Morgan fingerprint density at radius 3 is 2.33 bits per heavy atom. The van der Waals surface area contributed by atoms with Crippen LogP contribution >= 0.6 is 0 Å². The van der Waals surface area contributed by atoms with Crippen LogP contribution in [0.2, 0.25) is 0 Å².